The maximum absolute atomic E-state index is 14.5. The Morgan fingerprint density at radius 1 is 0.816 bits per heavy atom. The predicted octanol–water partition coefficient (Wildman–Crippen LogP) is 5.00. The summed E-state index contributed by atoms with van der Waals surface area (Å²) in [6, 6.07) is 14.0. The third kappa shape index (κ3) is 14.9. The summed E-state index contributed by atoms with van der Waals surface area (Å²) in [5.41, 5.74) is 2.17. The second-order valence-electron chi connectivity index (χ2n) is 21.8. The van der Waals surface area contributed by atoms with Gasteiger partial charge in [0.1, 0.15) is 12.1 Å². The van der Waals surface area contributed by atoms with Crippen LogP contribution < -0.4 is 21.3 Å². The van der Waals surface area contributed by atoms with E-state index in [1.165, 1.54) is 24.2 Å². The van der Waals surface area contributed by atoms with E-state index in [1.807, 2.05) is 65.1 Å². The number of benzene rings is 2. The molecule has 3 aliphatic heterocycles. The average molecular weight is 1050 g/mol. The summed E-state index contributed by atoms with van der Waals surface area (Å²) in [6.45, 7) is 10.8. The van der Waals surface area contributed by atoms with Gasteiger partial charge in [0.15, 0.2) is 0 Å². The van der Waals surface area contributed by atoms with Gasteiger partial charge in [-0.3, -0.25) is 48.2 Å². The van der Waals surface area contributed by atoms with Crippen LogP contribution in [-0.4, -0.2) is 157 Å². The number of carbonyl (C=O) groups is 8. The first-order chi connectivity index (χ1) is 36.4. The summed E-state index contributed by atoms with van der Waals surface area (Å²) in [7, 11) is 6.83. The molecule has 3 heterocycles. The van der Waals surface area contributed by atoms with Crippen LogP contribution in [0.1, 0.15) is 116 Å². The number of unbranched alkanes of at least 4 members (excludes halogenated alkanes) is 2. The molecule has 3 unspecified atom stereocenters. The summed E-state index contributed by atoms with van der Waals surface area (Å²) in [6.07, 6.45) is 8.69. The van der Waals surface area contributed by atoms with Crippen molar-refractivity contribution in [1.29, 1.82) is 0 Å². The quantitative estimate of drug-likeness (QED) is 0.0658. The fraction of sp³-hybridized carbons (Fsp3) is 0.621. The zero-order valence-corrected chi connectivity index (χ0v) is 46.3. The molecule has 76 heavy (non-hydrogen) atoms. The van der Waals surface area contributed by atoms with E-state index in [0.29, 0.717) is 69.8 Å². The molecule has 6 rings (SSSR count). The molecule has 0 spiro atoms. The van der Waals surface area contributed by atoms with Crippen LogP contribution >= 0.6 is 0 Å². The number of nitrogens with zero attached hydrogens (tertiary/aromatic N) is 4. The fourth-order valence-electron chi connectivity index (χ4n) is 11.9. The number of amides is 8. The maximum atomic E-state index is 14.5. The van der Waals surface area contributed by atoms with Crippen LogP contribution in [0, 0.1) is 23.7 Å². The first-order valence-corrected chi connectivity index (χ1v) is 27.6. The van der Waals surface area contributed by atoms with Crippen molar-refractivity contribution in [2.24, 2.45) is 23.7 Å². The molecule has 11 atom stereocenters. The Labute approximate surface area is 449 Å². The molecule has 4 aliphatic rings. The standard InChI is InChI=1S/C58H84N8O10/c1-10-37(4)52(64(7)58(74)51(36(2)3)62-57(73)53-41-24-27-43(33-41)63(53)6)46(75-8)34-50(70)65-31-17-20-45(65)54(76-9)38(5)55(71)61-44(32-39-18-13-11-14-19-39)56(72)60-42-25-22-40(23-26-42)35-59-47(67)21-15-12-16-30-66-48(68)28-29-49(66)69/h11,13-14,18-19,22-23,25-26,28-29,36-38,41,43-46,51-54H,10,12,15-17,20-21,24,27,30-35H2,1-9H3,(H,59,67)(H,60,72)(H,61,71)(H,62,73)/t37-,38+,41-,43+,44?,45?,46+,51?,52-,53-,54+/m0/s1. The number of rotatable bonds is 28. The van der Waals surface area contributed by atoms with Crippen molar-refractivity contribution in [3.63, 3.8) is 0 Å². The van der Waals surface area contributed by atoms with Crippen molar-refractivity contribution in [1.82, 2.24) is 35.6 Å². The van der Waals surface area contributed by atoms with E-state index in [0.717, 1.165) is 30.4 Å². The number of hydrogen-bond donors (Lipinski definition) is 4. The highest BCUT2D eigenvalue weighted by Crippen LogP contribution is 2.41. The van der Waals surface area contributed by atoms with Gasteiger partial charge in [0, 0.05) is 77.6 Å². The van der Waals surface area contributed by atoms with Crippen molar-refractivity contribution in [2.75, 3.05) is 46.7 Å². The smallest absolute Gasteiger partial charge is 0.253 e. The van der Waals surface area contributed by atoms with Gasteiger partial charge in [-0.15, -0.1) is 0 Å². The molecule has 2 aromatic rings. The van der Waals surface area contributed by atoms with Gasteiger partial charge in [-0.1, -0.05) is 89.9 Å². The second-order valence-corrected chi connectivity index (χ2v) is 21.8. The van der Waals surface area contributed by atoms with Gasteiger partial charge in [-0.25, -0.2) is 0 Å². The van der Waals surface area contributed by atoms with E-state index in [4.69, 9.17) is 9.47 Å². The molecule has 1 saturated carbocycles. The van der Waals surface area contributed by atoms with Crippen LogP contribution in [-0.2, 0) is 60.8 Å². The summed E-state index contributed by atoms with van der Waals surface area (Å²) in [5.74, 6) is -2.82. The van der Waals surface area contributed by atoms with Crippen molar-refractivity contribution >= 4 is 52.9 Å². The highest BCUT2D eigenvalue weighted by Gasteiger charge is 2.49. The number of methoxy groups -OCH3 is 2. The largest absolute Gasteiger partial charge is 0.379 e. The number of hydrogen-bond acceptors (Lipinski definition) is 11. The van der Waals surface area contributed by atoms with Gasteiger partial charge in [0.2, 0.25) is 35.4 Å². The van der Waals surface area contributed by atoms with Gasteiger partial charge in [-0.05, 0) is 93.0 Å². The van der Waals surface area contributed by atoms with Crippen molar-refractivity contribution < 1.29 is 47.8 Å². The third-order valence-corrected chi connectivity index (χ3v) is 16.5. The highest BCUT2D eigenvalue weighted by molar-refractivity contribution is 6.12. The van der Waals surface area contributed by atoms with Crippen LogP contribution in [0.15, 0.2) is 66.7 Å². The Bertz CT molecular complexity index is 2340. The molecule has 2 saturated heterocycles. The van der Waals surface area contributed by atoms with Gasteiger partial charge < -0.3 is 40.5 Å². The van der Waals surface area contributed by atoms with Gasteiger partial charge in [0.25, 0.3) is 11.8 Å². The van der Waals surface area contributed by atoms with Crippen LogP contribution in [0.2, 0.25) is 0 Å². The Morgan fingerprint density at radius 3 is 2.13 bits per heavy atom. The molecule has 18 nitrogen and oxygen atoms in total. The van der Waals surface area contributed by atoms with Crippen LogP contribution in [0.25, 0.3) is 0 Å². The topological polar surface area (TPSA) is 216 Å². The zero-order chi connectivity index (χ0) is 55.2. The summed E-state index contributed by atoms with van der Waals surface area (Å²) in [5, 5.41) is 12.0. The van der Waals surface area contributed by atoms with Crippen LogP contribution in [0.4, 0.5) is 5.69 Å². The average Bonchev–Trinajstić information content (AvgIpc) is 4.23. The second kappa shape index (κ2) is 27.9. The normalized spacial score (nSPS) is 22.0. The zero-order valence-electron chi connectivity index (χ0n) is 46.3. The lowest BCUT2D eigenvalue weighted by Crippen LogP contribution is -2.60. The Balaban J connectivity index is 1.05. The SMILES string of the molecule is CC[C@H](C)[C@@H]([C@@H](CC(=O)N1CCCC1[C@H](OC)[C@@H](C)C(=O)NC(Cc1ccccc1)C(=O)Nc1ccc(CNC(=O)CCCCCN2C(=O)C=CC2=O)cc1)OC)N(C)C(=O)C(NC(=O)[C@@H]1[C@H]2CC[C@H](C2)N1C)C(C)C. The number of imide groups is 1. The molecular formula is C58H84N8O10. The third-order valence-electron chi connectivity index (χ3n) is 16.5. The number of nitrogens with one attached hydrogen (secondary N) is 4. The lowest BCUT2D eigenvalue weighted by molar-refractivity contribution is -0.148. The first kappa shape index (κ1) is 59.3. The Morgan fingerprint density at radius 2 is 1.51 bits per heavy atom. The number of ether oxygens (including phenoxy) is 2. The van der Waals surface area contributed by atoms with E-state index in [2.05, 4.69) is 26.2 Å². The van der Waals surface area contributed by atoms with E-state index in [-0.39, 0.29) is 78.6 Å². The molecule has 1 aliphatic carbocycles. The molecule has 3 fully saturated rings. The summed E-state index contributed by atoms with van der Waals surface area (Å²) in [4.78, 5) is 114. The molecule has 0 radical (unpaired) electrons. The van der Waals surface area contributed by atoms with Crippen molar-refractivity contribution in [3.05, 3.63) is 77.9 Å². The number of likely N-dealkylation sites (tertiary alicyclic amines) is 2. The number of piperidine rings is 1. The Kier molecular flexibility index (Phi) is 21.7. The number of carbonyl (C=O) groups excluding carboxylic acids is 8. The molecule has 2 bridgehead atoms. The van der Waals surface area contributed by atoms with Gasteiger partial charge >= 0.3 is 0 Å². The monoisotopic (exact) mass is 1050 g/mol. The fourth-order valence-corrected chi connectivity index (χ4v) is 11.9. The minimum absolute atomic E-state index is 0.0189. The molecule has 18 heteroatoms. The maximum Gasteiger partial charge on any atom is 0.253 e. The molecular weight excluding hydrogens is 969 g/mol. The molecule has 8 amide bonds. The number of anilines is 1. The van der Waals surface area contributed by atoms with Gasteiger partial charge in [-0.2, -0.15) is 0 Å². The predicted molar refractivity (Wildman–Crippen MR) is 289 cm³/mol. The minimum Gasteiger partial charge on any atom is -0.379 e. The van der Waals surface area contributed by atoms with E-state index >= 15 is 0 Å². The molecule has 416 valence electrons. The minimum atomic E-state index is -0.967. The van der Waals surface area contributed by atoms with Crippen LogP contribution in [0.3, 0.4) is 0 Å². The van der Waals surface area contributed by atoms with Gasteiger partial charge in [0.05, 0.1) is 42.7 Å². The summed E-state index contributed by atoms with van der Waals surface area (Å²) < 4.78 is 12.2. The van der Waals surface area contributed by atoms with E-state index in [9.17, 15) is 38.4 Å². The van der Waals surface area contributed by atoms with E-state index < -0.39 is 54.1 Å². The summed E-state index contributed by atoms with van der Waals surface area (Å²) >= 11 is 0. The van der Waals surface area contributed by atoms with Crippen molar-refractivity contribution in [3.8, 4) is 0 Å². The molecule has 0 aromatic heterocycles. The van der Waals surface area contributed by atoms with Crippen LogP contribution in [0.5, 0.6) is 0 Å². The van der Waals surface area contributed by atoms with E-state index in [1.54, 1.807) is 55.1 Å². The van der Waals surface area contributed by atoms with Crippen molar-refractivity contribution in [2.45, 2.75) is 167 Å². The lowest BCUT2D eigenvalue weighted by Gasteiger charge is -2.41. The Hall–Kier alpha value is -5.98. The molecule has 2 aromatic carbocycles. The first-order valence-electron chi connectivity index (χ1n) is 27.6. The highest BCUT2D eigenvalue weighted by atomic mass is 16.5. The number of likely N-dealkylation sites (N-methyl/N-ethyl adjacent to an activating group) is 2. The number of fused-ring (bicyclic) bond motifs is 2. The molecule has 4 N–H and O–H groups in total. The lowest BCUT2D eigenvalue weighted by atomic mass is 9.89.